The summed E-state index contributed by atoms with van der Waals surface area (Å²) >= 11 is 0. The first-order chi connectivity index (χ1) is 15.5. The Morgan fingerprint density at radius 3 is 2.33 bits per heavy atom. The van der Waals surface area contributed by atoms with Crippen LogP contribution in [0.25, 0.3) is 0 Å². The molecule has 1 aromatic rings. The average molecular weight is 466 g/mol. The number of hydrogen-bond donors (Lipinski definition) is 7. The summed E-state index contributed by atoms with van der Waals surface area (Å²) in [7, 11) is 0. The van der Waals surface area contributed by atoms with Crippen molar-refractivity contribution in [2.24, 2.45) is 5.73 Å². The van der Waals surface area contributed by atoms with Gasteiger partial charge in [0.2, 0.25) is 17.7 Å². The highest BCUT2D eigenvalue weighted by Gasteiger charge is 2.38. The van der Waals surface area contributed by atoms with E-state index in [9.17, 15) is 34.5 Å². The quantitative estimate of drug-likeness (QED) is 0.197. The summed E-state index contributed by atoms with van der Waals surface area (Å²) in [6.45, 7) is 0.784. The molecule has 0 bridgehead atoms. The highest BCUT2D eigenvalue weighted by molar-refractivity contribution is 5.94. The van der Waals surface area contributed by atoms with Crippen LogP contribution in [-0.4, -0.2) is 92.4 Å². The highest BCUT2D eigenvalue weighted by atomic mass is 16.4. The van der Waals surface area contributed by atoms with Gasteiger partial charge in [-0.3, -0.25) is 14.4 Å². The molecule has 0 radical (unpaired) electrons. The van der Waals surface area contributed by atoms with Crippen molar-refractivity contribution >= 4 is 23.7 Å². The zero-order valence-corrected chi connectivity index (χ0v) is 18.2. The molecule has 1 aliphatic heterocycles. The monoisotopic (exact) mass is 466 g/mol. The van der Waals surface area contributed by atoms with Gasteiger partial charge < -0.3 is 41.7 Å². The van der Waals surface area contributed by atoms with Crippen LogP contribution in [0.3, 0.4) is 0 Å². The van der Waals surface area contributed by atoms with Crippen LogP contribution in [0.2, 0.25) is 0 Å². The van der Waals surface area contributed by atoms with E-state index in [1.165, 1.54) is 36.1 Å². The van der Waals surface area contributed by atoms with Crippen LogP contribution in [0.15, 0.2) is 24.3 Å². The lowest BCUT2D eigenvalue weighted by Crippen LogP contribution is -2.58. The number of carboxylic acids is 1. The third-order valence-corrected chi connectivity index (χ3v) is 5.45. The molecule has 0 saturated carbocycles. The summed E-state index contributed by atoms with van der Waals surface area (Å²) in [5.41, 5.74) is 6.30. The molecule has 5 atom stereocenters. The minimum atomic E-state index is -1.56. The first kappa shape index (κ1) is 26.0. The molecule has 182 valence electrons. The number of rotatable bonds is 10. The Morgan fingerprint density at radius 2 is 1.79 bits per heavy atom. The Labute approximate surface area is 190 Å². The van der Waals surface area contributed by atoms with E-state index in [2.05, 4.69) is 10.6 Å². The molecule has 5 unspecified atom stereocenters. The number of phenolic OH excluding ortho intramolecular Hbond substituents is 1. The molecule has 1 aliphatic rings. The molecule has 12 heteroatoms. The second-order valence-electron chi connectivity index (χ2n) is 7.97. The number of aliphatic hydroxyl groups is 2. The van der Waals surface area contributed by atoms with Crippen LogP contribution >= 0.6 is 0 Å². The molecule has 1 heterocycles. The Hall–Kier alpha value is -3.22. The van der Waals surface area contributed by atoms with Gasteiger partial charge in [-0.1, -0.05) is 12.1 Å². The summed E-state index contributed by atoms with van der Waals surface area (Å²) in [6.07, 6.45) is -0.298. The van der Waals surface area contributed by atoms with Crippen molar-refractivity contribution in [2.75, 3.05) is 13.2 Å². The first-order valence-corrected chi connectivity index (χ1v) is 10.5. The van der Waals surface area contributed by atoms with Crippen molar-refractivity contribution in [1.82, 2.24) is 15.5 Å². The van der Waals surface area contributed by atoms with Crippen LogP contribution in [0, 0.1) is 0 Å². The Bertz CT molecular complexity index is 860. The molecule has 1 saturated heterocycles. The molecule has 12 nitrogen and oxygen atoms in total. The zero-order valence-electron chi connectivity index (χ0n) is 18.2. The molecule has 0 aromatic heterocycles. The SMILES string of the molecule is CC(O)C(N)C(=O)N1CCCC1C(=O)NC(Cc1ccc(O)cc1)C(=O)NC(CO)C(=O)O. The molecular formula is C21H30N4O8. The van der Waals surface area contributed by atoms with E-state index in [-0.39, 0.29) is 18.7 Å². The normalized spacial score (nSPS) is 19.3. The fourth-order valence-electron chi connectivity index (χ4n) is 3.50. The fourth-order valence-corrected chi connectivity index (χ4v) is 3.50. The van der Waals surface area contributed by atoms with Gasteiger partial charge in [-0.05, 0) is 37.5 Å². The lowest BCUT2D eigenvalue weighted by atomic mass is 10.0. The van der Waals surface area contributed by atoms with E-state index in [1.54, 1.807) is 0 Å². The summed E-state index contributed by atoms with van der Waals surface area (Å²) < 4.78 is 0. The smallest absolute Gasteiger partial charge is 0.328 e. The lowest BCUT2D eigenvalue weighted by Gasteiger charge is -2.29. The number of nitrogens with zero attached hydrogens (tertiary/aromatic N) is 1. The van der Waals surface area contributed by atoms with Gasteiger partial charge in [0.05, 0.1) is 12.7 Å². The van der Waals surface area contributed by atoms with Gasteiger partial charge in [0, 0.05) is 13.0 Å². The topological polar surface area (TPSA) is 203 Å². The highest BCUT2D eigenvalue weighted by Crippen LogP contribution is 2.19. The number of aliphatic carboxylic acids is 1. The largest absolute Gasteiger partial charge is 0.508 e. The van der Waals surface area contributed by atoms with Gasteiger partial charge in [-0.2, -0.15) is 0 Å². The first-order valence-electron chi connectivity index (χ1n) is 10.5. The number of nitrogens with one attached hydrogen (secondary N) is 2. The van der Waals surface area contributed by atoms with Crippen LogP contribution in [0.4, 0.5) is 0 Å². The summed E-state index contributed by atoms with van der Waals surface area (Å²) in [4.78, 5) is 50.8. The number of likely N-dealkylation sites (tertiary alicyclic amines) is 1. The van der Waals surface area contributed by atoms with E-state index in [0.717, 1.165) is 0 Å². The summed E-state index contributed by atoms with van der Waals surface area (Å²) in [6, 6.07) is 0.971. The van der Waals surface area contributed by atoms with Crippen molar-refractivity contribution in [3.63, 3.8) is 0 Å². The van der Waals surface area contributed by atoms with Crippen LogP contribution in [0.1, 0.15) is 25.3 Å². The third-order valence-electron chi connectivity index (χ3n) is 5.45. The van der Waals surface area contributed by atoms with Crippen molar-refractivity contribution in [3.8, 4) is 5.75 Å². The number of hydrogen-bond acceptors (Lipinski definition) is 8. The second kappa shape index (κ2) is 11.6. The predicted octanol–water partition coefficient (Wildman–Crippen LogP) is -2.32. The molecule has 33 heavy (non-hydrogen) atoms. The predicted molar refractivity (Wildman–Crippen MR) is 115 cm³/mol. The molecule has 0 aliphatic carbocycles. The maximum atomic E-state index is 13.0. The van der Waals surface area contributed by atoms with Gasteiger partial charge in [0.1, 0.15) is 29.9 Å². The molecule has 0 spiro atoms. The van der Waals surface area contributed by atoms with Gasteiger partial charge in [-0.25, -0.2) is 4.79 Å². The molecule has 1 aromatic carbocycles. The standard InChI is InChI=1S/C21H30N4O8/c1-11(27)17(22)20(31)25-8-2-3-16(25)19(30)23-14(9-12-4-6-13(28)7-5-12)18(29)24-15(10-26)21(32)33/h4-7,11,14-17,26-28H,2-3,8-10,22H2,1H3,(H,23,30)(H,24,29)(H,32,33). The van der Waals surface area contributed by atoms with Gasteiger partial charge in [0.25, 0.3) is 0 Å². The van der Waals surface area contributed by atoms with Gasteiger partial charge >= 0.3 is 5.97 Å². The third kappa shape index (κ3) is 6.88. The second-order valence-corrected chi connectivity index (χ2v) is 7.97. The minimum absolute atomic E-state index is 0.00423. The van der Waals surface area contributed by atoms with E-state index in [1.807, 2.05) is 0 Å². The number of aliphatic hydroxyl groups excluding tert-OH is 2. The number of phenols is 1. The molecule has 8 N–H and O–H groups in total. The Kier molecular flexibility index (Phi) is 9.14. The number of carboxylic acid groups (broad SMARTS) is 1. The van der Waals surface area contributed by atoms with E-state index in [4.69, 9.17) is 10.8 Å². The minimum Gasteiger partial charge on any atom is -0.508 e. The van der Waals surface area contributed by atoms with E-state index >= 15 is 0 Å². The number of aromatic hydroxyl groups is 1. The van der Waals surface area contributed by atoms with E-state index < -0.39 is 60.6 Å². The Morgan fingerprint density at radius 1 is 1.15 bits per heavy atom. The fraction of sp³-hybridized carbons (Fsp3) is 0.524. The maximum Gasteiger partial charge on any atom is 0.328 e. The summed E-state index contributed by atoms with van der Waals surface area (Å²) in [5.74, 6) is -3.50. The Balaban J connectivity index is 2.20. The van der Waals surface area contributed by atoms with Crippen molar-refractivity contribution in [3.05, 3.63) is 29.8 Å². The number of carbonyl (C=O) groups is 4. The zero-order chi connectivity index (χ0) is 24.7. The van der Waals surface area contributed by atoms with Crippen molar-refractivity contribution < 1.29 is 39.6 Å². The van der Waals surface area contributed by atoms with Crippen molar-refractivity contribution in [1.29, 1.82) is 0 Å². The summed E-state index contributed by atoms with van der Waals surface area (Å²) in [5, 5.41) is 42.1. The van der Waals surface area contributed by atoms with Crippen LogP contribution in [-0.2, 0) is 25.6 Å². The molecule has 3 amide bonds. The maximum absolute atomic E-state index is 13.0. The number of nitrogens with two attached hydrogens (primary N) is 1. The van der Waals surface area contributed by atoms with Gasteiger partial charge in [-0.15, -0.1) is 0 Å². The van der Waals surface area contributed by atoms with Gasteiger partial charge in [0.15, 0.2) is 0 Å². The van der Waals surface area contributed by atoms with Crippen LogP contribution < -0.4 is 16.4 Å². The van der Waals surface area contributed by atoms with E-state index in [0.29, 0.717) is 18.4 Å². The van der Waals surface area contributed by atoms with Crippen molar-refractivity contribution in [2.45, 2.75) is 56.5 Å². The number of carbonyl (C=O) groups excluding carboxylic acids is 3. The van der Waals surface area contributed by atoms with Crippen LogP contribution in [0.5, 0.6) is 5.75 Å². The molecular weight excluding hydrogens is 436 g/mol. The lowest BCUT2D eigenvalue weighted by molar-refractivity contribution is -0.144. The number of benzene rings is 1. The molecule has 1 fully saturated rings. The average Bonchev–Trinajstić information content (AvgIpc) is 3.27. The number of amides is 3. The molecule has 2 rings (SSSR count).